The zero-order valence-corrected chi connectivity index (χ0v) is 14.3. The van der Waals surface area contributed by atoms with Gasteiger partial charge in [-0.25, -0.2) is 0 Å². The molecule has 7 heteroatoms. The third-order valence-corrected chi connectivity index (χ3v) is 5.46. The van der Waals surface area contributed by atoms with Crippen LogP contribution in [0.2, 0.25) is 0 Å². The van der Waals surface area contributed by atoms with Gasteiger partial charge >= 0.3 is 0 Å². The second kappa shape index (κ2) is 6.24. The molecule has 0 radical (unpaired) electrons. The van der Waals surface area contributed by atoms with E-state index in [1.807, 2.05) is 4.90 Å². The summed E-state index contributed by atoms with van der Waals surface area (Å²) in [6.45, 7) is 5.50. The Balaban J connectivity index is 1.49. The molecule has 132 valence electrons. The predicted molar refractivity (Wildman–Crippen MR) is 91.6 cm³/mol. The molecule has 2 fully saturated rings. The van der Waals surface area contributed by atoms with Crippen molar-refractivity contribution in [3.63, 3.8) is 0 Å². The summed E-state index contributed by atoms with van der Waals surface area (Å²) in [6.07, 6.45) is 0.983. The Bertz CT molecular complexity index is 742. The number of hydrogen-bond acceptors (Lipinski definition) is 5. The Morgan fingerprint density at radius 2 is 1.80 bits per heavy atom. The zero-order valence-electron chi connectivity index (χ0n) is 14.3. The summed E-state index contributed by atoms with van der Waals surface area (Å²) < 4.78 is 0. The number of hydrogen-bond donors (Lipinski definition) is 1. The SMILES string of the molecule is CN1C(=O)c2ccc(C(=O)N3CCC(N4CCNCC4)C3)cc2C1=O. The van der Waals surface area contributed by atoms with Crippen LogP contribution in [0.4, 0.5) is 0 Å². The highest BCUT2D eigenvalue weighted by Crippen LogP contribution is 2.25. The Hall–Kier alpha value is -2.25. The van der Waals surface area contributed by atoms with E-state index < -0.39 is 0 Å². The van der Waals surface area contributed by atoms with E-state index in [-0.39, 0.29) is 17.7 Å². The number of nitrogens with zero attached hydrogens (tertiary/aromatic N) is 3. The van der Waals surface area contributed by atoms with Crippen molar-refractivity contribution >= 4 is 17.7 Å². The van der Waals surface area contributed by atoms with Gasteiger partial charge in [0.05, 0.1) is 11.1 Å². The Morgan fingerprint density at radius 3 is 2.56 bits per heavy atom. The lowest BCUT2D eigenvalue weighted by molar-refractivity contribution is 0.0692. The third-order valence-electron chi connectivity index (χ3n) is 5.46. The maximum absolute atomic E-state index is 12.8. The van der Waals surface area contributed by atoms with Crippen LogP contribution in [0.1, 0.15) is 37.5 Å². The van der Waals surface area contributed by atoms with Gasteiger partial charge in [-0.3, -0.25) is 24.2 Å². The maximum atomic E-state index is 12.8. The van der Waals surface area contributed by atoms with Gasteiger partial charge in [0, 0.05) is 57.9 Å². The number of rotatable bonds is 2. The van der Waals surface area contributed by atoms with E-state index >= 15 is 0 Å². The van der Waals surface area contributed by atoms with E-state index in [1.54, 1.807) is 18.2 Å². The molecule has 1 atom stereocenters. The van der Waals surface area contributed by atoms with E-state index in [9.17, 15) is 14.4 Å². The van der Waals surface area contributed by atoms with Crippen molar-refractivity contribution in [1.82, 2.24) is 20.0 Å². The van der Waals surface area contributed by atoms with Gasteiger partial charge in [0.15, 0.2) is 0 Å². The molecule has 0 saturated carbocycles. The van der Waals surface area contributed by atoms with E-state index in [2.05, 4.69) is 10.2 Å². The normalized spacial score (nSPS) is 24.1. The van der Waals surface area contributed by atoms with Crippen LogP contribution < -0.4 is 5.32 Å². The van der Waals surface area contributed by atoms with Crippen molar-refractivity contribution in [2.75, 3.05) is 46.3 Å². The number of fused-ring (bicyclic) bond motifs is 1. The van der Waals surface area contributed by atoms with Crippen molar-refractivity contribution in [1.29, 1.82) is 0 Å². The highest BCUT2D eigenvalue weighted by atomic mass is 16.2. The van der Waals surface area contributed by atoms with E-state index in [4.69, 9.17) is 0 Å². The molecule has 3 amide bonds. The molecule has 4 rings (SSSR count). The maximum Gasteiger partial charge on any atom is 0.261 e. The average Bonchev–Trinajstić information content (AvgIpc) is 3.22. The number of likely N-dealkylation sites (tertiary alicyclic amines) is 1. The third kappa shape index (κ3) is 2.73. The summed E-state index contributed by atoms with van der Waals surface area (Å²) in [5, 5.41) is 3.35. The van der Waals surface area contributed by atoms with Gasteiger partial charge < -0.3 is 10.2 Å². The first kappa shape index (κ1) is 16.2. The lowest BCUT2D eigenvalue weighted by atomic mass is 10.0. The number of nitrogens with one attached hydrogen (secondary N) is 1. The first-order valence-electron chi connectivity index (χ1n) is 8.77. The summed E-state index contributed by atoms with van der Waals surface area (Å²) in [6, 6.07) is 5.23. The number of amides is 3. The molecule has 25 heavy (non-hydrogen) atoms. The first-order valence-corrected chi connectivity index (χ1v) is 8.77. The van der Waals surface area contributed by atoms with Gasteiger partial charge in [0.2, 0.25) is 0 Å². The molecule has 1 aromatic rings. The highest BCUT2D eigenvalue weighted by molar-refractivity contribution is 6.21. The molecular formula is C18H22N4O3. The van der Waals surface area contributed by atoms with Crippen LogP contribution >= 0.6 is 0 Å². The molecule has 7 nitrogen and oxygen atoms in total. The van der Waals surface area contributed by atoms with Crippen molar-refractivity contribution in [2.24, 2.45) is 0 Å². The summed E-state index contributed by atoms with van der Waals surface area (Å²) >= 11 is 0. The molecule has 0 aliphatic carbocycles. The van der Waals surface area contributed by atoms with Crippen molar-refractivity contribution in [3.05, 3.63) is 34.9 Å². The highest BCUT2D eigenvalue weighted by Gasteiger charge is 2.35. The molecule has 3 aliphatic heterocycles. The number of piperazine rings is 1. The van der Waals surface area contributed by atoms with Gasteiger partial charge in [-0.05, 0) is 24.6 Å². The lowest BCUT2D eigenvalue weighted by Gasteiger charge is -2.32. The molecule has 1 N–H and O–H groups in total. The van der Waals surface area contributed by atoms with Crippen molar-refractivity contribution < 1.29 is 14.4 Å². The first-order chi connectivity index (χ1) is 12.1. The molecule has 1 aromatic carbocycles. The van der Waals surface area contributed by atoms with Crippen LogP contribution in [0.3, 0.4) is 0 Å². The van der Waals surface area contributed by atoms with Crippen molar-refractivity contribution in [3.8, 4) is 0 Å². The topological polar surface area (TPSA) is 73.0 Å². The monoisotopic (exact) mass is 342 g/mol. The van der Waals surface area contributed by atoms with Gasteiger partial charge in [-0.2, -0.15) is 0 Å². The average molecular weight is 342 g/mol. The molecule has 0 aromatic heterocycles. The molecule has 1 unspecified atom stereocenters. The van der Waals surface area contributed by atoms with Gasteiger partial charge in [0.25, 0.3) is 17.7 Å². The van der Waals surface area contributed by atoms with Crippen LogP contribution in [0.25, 0.3) is 0 Å². The molecule has 0 spiro atoms. The predicted octanol–water partition coefficient (Wildman–Crippen LogP) is 0.0321. The molecular weight excluding hydrogens is 320 g/mol. The number of carbonyl (C=O) groups excluding carboxylic acids is 3. The van der Waals surface area contributed by atoms with Crippen LogP contribution in [-0.4, -0.2) is 84.8 Å². The Kier molecular flexibility index (Phi) is 4.05. The van der Waals surface area contributed by atoms with Gasteiger partial charge in [0.1, 0.15) is 0 Å². The molecule has 2 saturated heterocycles. The van der Waals surface area contributed by atoms with Crippen LogP contribution in [0, 0.1) is 0 Å². The number of benzene rings is 1. The van der Waals surface area contributed by atoms with Crippen LogP contribution in [0.15, 0.2) is 18.2 Å². The fourth-order valence-electron chi connectivity index (χ4n) is 3.95. The standard InChI is InChI=1S/C18H22N4O3/c1-20-17(24)14-3-2-12(10-15(14)18(20)25)16(23)22-7-4-13(11-22)21-8-5-19-6-9-21/h2-3,10,13,19H,4-9,11H2,1H3. The lowest BCUT2D eigenvalue weighted by Crippen LogP contribution is -2.49. The van der Waals surface area contributed by atoms with E-state index in [1.165, 1.54) is 7.05 Å². The molecule has 3 heterocycles. The van der Waals surface area contributed by atoms with E-state index in [0.29, 0.717) is 22.7 Å². The van der Waals surface area contributed by atoms with Crippen molar-refractivity contribution in [2.45, 2.75) is 12.5 Å². The minimum absolute atomic E-state index is 0.0600. The summed E-state index contributed by atoms with van der Waals surface area (Å²) in [5.41, 5.74) is 1.19. The number of carbonyl (C=O) groups is 3. The zero-order chi connectivity index (χ0) is 17.6. The minimum Gasteiger partial charge on any atom is -0.337 e. The summed E-state index contributed by atoms with van der Waals surface area (Å²) in [7, 11) is 1.46. The van der Waals surface area contributed by atoms with Gasteiger partial charge in [-0.15, -0.1) is 0 Å². The van der Waals surface area contributed by atoms with Crippen LogP contribution in [-0.2, 0) is 0 Å². The van der Waals surface area contributed by atoms with Crippen LogP contribution in [0.5, 0.6) is 0 Å². The quantitative estimate of drug-likeness (QED) is 0.768. The second-order valence-corrected chi connectivity index (χ2v) is 6.91. The minimum atomic E-state index is -0.338. The molecule has 3 aliphatic rings. The fourth-order valence-corrected chi connectivity index (χ4v) is 3.95. The van der Waals surface area contributed by atoms with Gasteiger partial charge in [-0.1, -0.05) is 0 Å². The fraction of sp³-hybridized carbons (Fsp3) is 0.500. The largest absolute Gasteiger partial charge is 0.337 e. The summed E-state index contributed by atoms with van der Waals surface area (Å²) in [5.74, 6) is -0.705. The van der Waals surface area contributed by atoms with E-state index in [0.717, 1.165) is 50.6 Å². The Labute approximate surface area is 146 Å². The second-order valence-electron chi connectivity index (χ2n) is 6.91. The molecule has 0 bridgehead atoms. The smallest absolute Gasteiger partial charge is 0.261 e. The summed E-state index contributed by atoms with van der Waals surface area (Å²) in [4.78, 5) is 42.3. The Morgan fingerprint density at radius 1 is 1.08 bits per heavy atom. The number of imide groups is 1.